The van der Waals surface area contributed by atoms with E-state index in [1.165, 1.54) is 6.07 Å². The van der Waals surface area contributed by atoms with Crippen LogP contribution in [0.4, 0.5) is 10.1 Å². The normalized spacial score (nSPS) is 22.7. The number of sulfone groups is 1. The number of benzene rings is 1. The summed E-state index contributed by atoms with van der Waals surface area (Å²) in [6.07, 6.45) is 1.96. The van der Waals surface area contributed by atoms with Crippen LogP contribution in [0, 0.1) is 12.7 Å². The van der Waals surface area contributed by atoms with Gasteiger partial charge in [-0.2, -0.15) is 0 Å². The number of nitrogens with one attached hydrogen (secondary N) is 1. The molecule has 0 bridgehead atoms. The number of fused-ring (bicyclic) bond motifs is 1. The van der Waals surface area contributed by atoms with Gasteiger partial charge in [0.05, 0.1) is 18.1 Å². The summed E-state index contributed by atoms with van der Waals surface area (Å²) in [4.78, 5) is 14.1. The van der Waals surface area contributed by atoms with Crippen LogP contribution in [-0.4, -0.2) is 45.0 Å². The number of anilines is 1. The number of amides is 1. The summed E-state index contributed by atoms with van der Waals surface area (Å²) in [7, 11) is -3.01. The van der Waals surface area contributed by atoms with Gasteiger partial charge in [-0.05, 0) is 37.8 Å². The van der Waals surface area contributed by atoms with Crippen molar-refractivity contribution < 1.29 is 17.6 Å². The second kappa shape index (κ2) is 6.11. The summed E-state index contributed by atoms with van der Waals surface area (Å²) in [5, 5.41) is 2.79. The van der Waals surface area contributed by atoms with Gasteiger partial charge in [-0.15, -0.1) is 0 Å². The van der Waals surface area contributed by atoms with E-state index in [0.717, 1.165) is 17.7 Å². The molecule has 1 atom stereocenters. The van der Waals surface area contributed by atoms with Gasteiger partial charge < -0.3 is 10.2 Å². The Morgan fingerprint density at radius 1 is 1.43 bits per heavy atom. The SMILES string of the molecule is Cc1ccc(F)c2c1N(CC(=O)NC1CCS(=O)(=O)C1)CCC2. The zero-order valence-electron chi connectivity index (χ0n) is 13.1. The number of hydrogen-bond acceptors (Lipinski definition) is 4. The first-order valence-corrected chi connectivity index (χ1v) is 9.70. The third kappa shape index (κ3) is 3.49. The van der Waals surface area contributed by atoms with Gasteiger partial charge >= 0.3 is 0 Å². The number of hydrogen-bond donors (Lipinski definition) is 1. The highest BCUT2D eigenvalue weighted by atomic mass is 32.2. The molecule has 126 valence electrons. The molecule has 1 aromatic carbocycles. The standard InChI is InChI=1S/C16H21FN2O3S/c1-11-4-5-14(17)13-3-2-7-19(16(11)13)9-15(20)18-12-6-8-23(21,22)10-12/h4-5,12H,2-3,6-10H2,1H3,(H,18,20). The third-order valence-corrected chi connectivity index (χ3v) is 6.30. The van der Waals surface area contributed by atoms with E-state index in [0.29, 0.717) is 24.9 Å². The molecule has 2 aliphatic heterocycles. The number of rotatable bonds is 3. The number of carbonyl (C=O) groups excluding carboxylic acids is 1. The molecule has 1 aromatic rings. The molecule has 0 spiro atoms. The van der Waals surface area contributed by atoms with Gasteiger partial charge in [0.1, 0.15) is 5.82 Å². The van der Waals surface area contributed by atoms with Crippen LogP contribution < -0.4 is 10.2 Å². The van der Waals surface area contributed by atoms with Crippen molar-refractivity contribution in [1.29, 1.82) is 0 Å². The first kappa shape index (κ1) is 16.2. The molecule has 0 radical (unpaired) electrons. The lowest BCUT2D eigenvalue weighted by molar-refractivity contribution is -0.120. The Balaban J connectivity index is 1.70. The minimum Gasteiger partial charge on any atom is -0.362 e. The van der Waals surface area contributed by atoms with Crippen molar-refractivity contribution in [3.8, 4) is 0 Å². The molecule has 3 rings (SSSR count). The average Bonchev–Trinajstić information content (AvgIpc) is 2.82. The monoisotopic (exact) mass is 340 g/mol. The molecule has 5 nitrogen and oxygen atoms in total. The van der Waals surface area contributed by atoms with Crippen molar-refractivity contribution in [3.63, 3.8) is 0 Å². The van der Waals surface area contributed by atoms with Gasteiger partial charge in [-0.1, -0.05) is 6.07 Å². The summed E-state index contributed by atoms with van der Waals surface area (Å²) in [5.41, 5.74) is 2.44. The van der Waals surface area contributed by atoms with Gasteiger partial charge in [0.15, 0.2) is 9.84 Å². The van der Waals surface area contributed by atoms with Crippen molar-refractivity contribution in [3.05, 3.63) is 29.1 Å². The molecule has 2 aliphatic rings. The van der Waals surface area contributed by atoms with Crippen LogP contribution in [0.5, 0.6) is 0 Å². The van der Waals surface area contributed by atoms with Crippen molar-refractivity contribution in [2.24, 2.45) is 0 Å². The van der Waals surface area contributed by atoms with E-state index in [1.807, 2.05) is 11.8 Å². The molecular weight excluding hydrogens is 319 g/mol. The van der Waals surface area contributed by atoms with Crippen molar-refractivity contribution in [2.75, 3.05) is 29.5 Å². The Hall–Kier alpha value is -1.63. The first-order valence-electron chi connectivity index (χ1n) is 7.88. The van der Waals surface area contributed by atoms with Gasteiger partial charge in [0, 0.05) is 23.8 Å². The average molecular weight is 340 g/mol. The van der Waals surface area contributed by atoms with Crippen LogP contribution in [0.3, 0.4) is 0 Å². The number of aryl methyl sites for hydroxylation is 1. The van der Waals surface area contributed by atoms with E-state index >= 15 is 0 Å². The molecule has 1 saturated heterocycles. The minimum absolute atomic E-state index is 0.0168. The fraction of sp³-hybridized carbons (Fsp3) is 0.562. The van der Waals surface area contributed by atoms with E-state index < -0.39 is 9.84 Å². The Labute approximate surface area is 135 Å². The van der Waals surface area contributed by atoms with Crippen molar-refractivity contribution >= 4 is 21.4 Å². The Morgan fingerprint density at radius 3 is 2.91 bits per heavy atom. The maximum absolute atomic E-state index is 14.0. The molecule has 1 amide bonds. The molecule has 1 fully saturated rings. The quantitative estimate of drug-likeness (QED) is 0.898. The first-order chi connectivity index (χ1) is 10.9. The van der Waals surface area contributed by atoms with Crippen LogP contribution in [0.1, 0.15) is 24.0 Å². The maximum atomic E-state index is 14.0. The minimum atomic E-state index is -3.01. The van der Waals surface area contributed by atoms with Crippen molar-refractivity contribution in [2.45, 2.75) is 32.2 Å². The number of halogens is 1. The summed E-state index contributed by atoms with van der Waals surface area (Å²) >= 11 is 0. The van der Waals surface area contributed by atoms with E-state index in [9.17, 15) is 17.6 Å². The van der Waals surface area contributed by atoms with E-state index in [1.54, 1.807) is 6.07 Å². The lowest BCUT2D eigenvalue weighted by Crippen LogP contribution is -2.44. The van der Waals surface area contributed by atoms with Gasteiger partial charge in [0.2, 0.25) is 5.91 Å². The second-order valence-corrected chi connectivity index (χ2v) is 8.61. The van der Waals surface area contributed by atoms with E-state index in [2.05, 4.69) is 5.32 Å². The van der Waals surface area contributed by atoms with Gasteiger partial charge in [0.25, 0.3) is 0 Å². The maximum Gasteiger partial charge on any atom is 0.239 e. The van der Waals surface area contributed by atoms with Crippen LogP contribution in [0.15, 0.2) is 12.1 Å². The van der Waals surface area contributed by atoms with Crippen LogP contribution >= 0.6 is 0 Å². The van der Waals surface area contributed by atoms with Crippen LogP contribution in [-0.2, 0) is 21.1 Å². The Morgan fingerprint density at radius 2 is 2.22 bits per heavy atom. The van der Waals surface area contributed by atoms with Gasteiger partial charge in [-0.3, -0.25) is 4.79 Å². The van der Waals surface area contributed by atoms with Gasteiger partial charge in [-0.25, -0.2) is 12.8 Å². The second-order valence-electron chi connectivity index (χ2n) is 6.38. The predicted octanol–water partition coefficient (Wildman–Crippen LogP) is 1.19. The zero-order valence-corrected chi connectivity index (χ0v) is 14.0. The molecule has 0 aliphatic carbocycles. The number of nitrogens with zero attached hydrogens (tertiary/aromatic N) is 1. The van der Waals surface area contributed by atoms with Crippen LogP contribution in [0.25, 0.3) is 0 Å². The highest BCUT2D eigenvalue weighted by Crippen LogP contribution is 2.32. The van der Waals surface area contributed by atoms with Crippen LogP contribution in [0.2, 0.25) is 0 Å². The molecule has 0 aromatic heterocycles. The molecule has 23 heavy (non-hydrogen) atoms. The molecule has 1 unspecified atom stereocenters. The van der Waals surface area contributed by atoms with E-state index in [-0.39, 0.29) is 35.8 Å². The summed E-state index contributed by atoms with van der Waals surface area (Å²) < 4.78 is 36.9. The zero-order chi connectivity index (χ0) is 16.6. The summed E-state index contributed by atoms with van der Waals surface area (Å²) in [5.74, 6) is -0.279. The van der Waals surface area contributed by atoms with E-state index in [4.69, 9.17) is 0 Å². The molecule has 1 N–H and O–H groups in total. The lowest BCUT2D eigenvalue weighted by atomic mass is 9.97. The topological polar surface area (TPSA) is 66.5 Å². The highest BCUT2D eigenvalue weighted by Gasteiger charge is 2.30. The molecule has 2 heterocycles. The highest BCUT2D eigenvalue weighted by molar-refractivity contribution is 7.91. The summed E-state index contributed by atoms with van der Waals surface area (Å²) in [6, 6.07) is 2.90. The summed E-state index contributed by atoms with van der Waals surface area (Å²) in [6.45, 7) is 2.75. The van der Waals surface area contributed by atoms with Crippen molar-refractivity contribution in [1.82, 2.24) is 5.32 Å². The Bertz CT molecular complexity index is 733. The fourth-order valence-corrected chi connectivity index (χ4v) is 5.15. The molecular formula is C16H21FN2O3S. The number of carbonyl (C=O) groups is 1. The third-order valence-electron chi connectivity index (χ3n) is 4.53. The predicted molar refractivity (Wildman–Crippen MR) is 86.9 cm³/mol. The Kier molecular flexibility index (Phi) is 4.31. The largest absolute Gasteiger partial charge is 0.362 e. The lowest BCUT2D eigenvalue weighted by Gasteiger charge is -2.32. The smallest absolute Gasteiger partial charge is 0.239 e. The molecule has 0 saturated carbocycles. The fourth-order valence-electron chi connectivity index (χ4n) is 3.48. The molecule has 7 heteroatoms.